The van der Waals surface area contributed by atoms with Crippen molar-refractivity contribution in [1.29, 1.82) is 0 Å². The Hall–Kier alpha value is -3.79. The third kappa shape index (κ3) is 5.14. The van der Waals surface area contributed by atoms with Gasteiger partial charge in [0.15, 0.2) is 10.8 Å². The maximum atomic E-state index is 12.4. The molecule has 3 rings (SSSR count). The Kier molecular flexibility index (Phi) is 6.48. The second kappa shape index (κ2) is 9.42. The minimum Gasteiger partial charge on any atom is -0.461 e. The van der Waals surface area contributed by atoms with E-state index in [1.165, 1.54) is 29.7 Å². The summed E-state index contributed by atoms with van der Waals surface area (Å²) in [4.78, 5) is 27.7. The fourth-order valence-corrected chi connectivity index (χ4v) is 3.14. The molecule has 3 aromatic rings. The summed E-state index contributed by atoms with van der Waals surface area (Å²) in [6.07, 6.45) is 1.49. The van der Waals surface area contributed by atoms with Gasteiger partial charge in [0.05, 0.1) is 22.6 Å². The van der Waals surface area contributed by atoms with E-state index in [2.05, 4.69) is 20.8 Å². The molecule has 0 spiro atoms. The minimum absolute atomic E-state index is 0.0244. The number of aromatic nitrogens is 1. The number of hydrogen-bond acceptors (Lipinski definition) is 9. The van der Waals surface area contributed by atoms with Crippen LogP contribution in [0.4, 0.5) is 22.2 Å². The molecule has 0 amide bonds. The number of rotatable bonds is 8. The number of para-hydroxylation sites is 3. The lowest BCUT2D eigenvalue weighted by Crippen LogP contribution is -2.19. The summed E-state index contributed by atoms with van der Waals surface area (Å²) in [5.41, 5.74) is 3.42. The molecule has 0 radical (unpaired) electrons. The fourth-order valence-electron chi connectivity index (χ4n) is 2.33. The summed E-state index contributed by atoms with van der Waals surface area (Å²) in [6.45, 7) is 1.84. The van der Waals surface area contributed by atoms with Gasteiger partial charge >= 0.3 is 5.97 Å². The molecule has 10 heteroatoms. The van der Waals surface area contributed by atoms with Gasteiger partial charge in [-0.05, 0) is 25.1 Å². The average molecular weight is 411 g/mol. The van der Waals surface area contributed by atoms with Crippen molar-refractivity contribution in [2.75, 3.05) is 17.3 Å². The van der Waals surface area contributed by atoms with Crippen LogP contribution in [0, 0.1) is 10.1 Å². The molecule has 0 atom stereocenters. The molecule has 148 valence electrons. The quantitative estimate of drug-likeness (QED) is 0.247. The van der Waals surface area contributed by atoms with Gasteiger partial charge in [-0.1, -0.05) is 41.7 Å². The van der Waals surface area contributed by atoms with Crippen molar-refractivity contribution in [3.63, 3.8) is 0 Å². The molecule has 0 aliphatic carbocycles. The van der Waals surface area contributed by atoms with E-state index in [1.807, 2.05) is 30.3 Å². The van der Waals surface area contributed by atoms with Crippen molar-refractivity contribution in [2.24, 2.45) is 5.10 Å². The number of carbonyl (C=O) groups is 1. The summed E-state index contributed by atoms with van der Waals surface area (Å²) in [7, 11) is 0. The van der Waals surface area contributed by atoms with Gasteiger partial charge in [0.25, 0.3) is 5.69 Å². The van der Waals surface area contributed by atoms with Crippen LogP contribution in [-0.2, 0) is 9.53 Å². The molecule has 0 fully saturated rings. The average Bonchev–Trinajstić information content (AvgIpc) is 3.17. The lowest BCUT2D eigenvalue weighted by atomic mass is 10.3. The number of carbonyl (C=O) groups excluding carboxylic acids is 1. The molecule has 29 heavy (non-hydrogen) atoms. The van der Waals surface area contributed by atoms with Gasteiger partial charge in [-0.15, -0.1) is 0 Å². The van der Waals surface area contributed by atoms with E-state index in [4.69, 9.17) is 4.74 Å². The third-order valence-corrected chi connectivity index (χ3v) is 4.54. The van der Waals surface area contributed by atoms with Crippen molar-refractivity contribution < 1.29 is 14.5 Å². The molecule has 0 saturated heterocycles. The predicted octanol–water partition coefficient (Wildman–Crippen LogP) is 4.17. The Morgan fingerprint density at radius 2 is 1.93 bits per heavy atom. The Labute approximate surface area is 170 Å². The predicted molar refractivity (Wildman–Crippen MR) is 112 cm³/mol. The van der Waals surface area contributed by atoms with Crippen LogP contribution < -0.4 is 10.7 Å². The SMILES string of the molecule is CCOC(=O)/C(=N\Nc1ccccc1[N+](=O)[O-])c1cnc(Nc2ccccc2)s1. The number of nitrogens with one attached hydrogen (secondary N) is 2. The standard InChI is InChI=1S/C19H17N5O4S/c1-2-28-18(25)17(23-22-14-10-6-7-11-15(14)24(26)27)16-12-20-19(29-16)21-13-8-4-3-5-9-13/h3-12,22H,2H2,1H3,(H,20,21)/b23-17-. The number of benzene rings is 2. The van der Waals surface area contributed by atoms with E-state index in [1.54, 1.807) is 19.1 Å². The molecule has 0 saturated carbocycles. The first-order valence-electron chi connectivity index (χ1n) is 8.61. The first-order valence-corrected chi connectivity index (χ1v) is 9.42. The molecule has 1 aromatic heterocycles. The highest BCUT2D eigenvalue weighted by Crippen LogP contribution is 2.25. The number of nitro groups is 1. The van der Waals surface area contributed by atoms with E-state index >= 15 is 0 Å². The summed E-state index contributed by atoms with van der Waals surface area (Å²) >= 11 is 1.21. The van der Waals surface area contributed by atoms with Gasteiger partial charge in [-0.25, -0.2) is 9.78 Å². The zero-order chi connectivity index (χ0) is 20.6. The van der Waals surface area contributed by atoms with E-state index in [0.717, 1.165) is 5.69 Å². The van der Waals surface area contributed by atoms with Crippen LogP contribution in [0.15, 0.2) is 65.9 Å². The van der Waals surface area contributed by atoms with E-state index in [-0.39, 0.29) is 23.7 Å². The Balaban J connectivity index is 1.87. The largest absolute Gasteiger partial charge is 0.461 e. The summed E-state index contributed by atoms with van der Waals surface area (Å²) < 4.78 is 5.07. The molecular weight excluding hydrogens is 394 g/mol. The molecule has 0 aliphatic heterocycles. The molecular formula is C19H17N5O4S. The Bertz CT molecular complexity index is 1040. The van der Waals surface area contributed by atoms with Gasteiger partial charge in [0.1, 0.15) is 5.69 Å². The van der Waals surface area contributed by atoms with Crippen LogP contribution in [0.5, 0.6) is 0 Å². The smallest absolute Gasteiger partial charge is 0.360 e. The van der Waals surface area contributed by atoms with Crippen molar-refractivity contribution in [2.45, 2.75) is 6.92 Å². The number of nitrogens with zero attached hydrogens (tertiary/aromatic N) is 3. The van der Waals surface area contributed by atoms with Crippen LogP contribution in [0.1, 0.15) is 11.8 Å². The zero-order valence-corrected chi connectivity index (χ0v) is 16.2. The number of esters is 1. The normalized spacial score (nSPS) is 11.0. The van der Waals surface area contributed by atoms with Gasteiger partial charge in [0.2, 0.25) is 0 Å². The van der Waals surface area contributed by atoms with E-state index in [0.29, 0.717) is 10.0 Å². The number of hydrogen-bond donors (Lipinski definition) is 2. The summed E-state index contributed by atoms with van der Waals surface area (Å²) in [6, 6.07) is 15.5. The van der Waals surface area contributed by atoms with Crippen LogP contribution in [0.3, 0.4) is 0 Å². The highest BCUT2D eigenvalue weighted by atomic mass is 32.1. The first-order chi connectivity index (χ1) is 14.1. The van der Waals surface area contributed by atoms with Crippen molar-refractivity contribution in [3.8, 4) is 0 Å². The lowest BCUT2D eigenvalue weighted by molar-refractivity contribution is -0.384. The third-order valence-electron chi connectivity index (χ3n) is 3.62. The Morgan fingerprint density at radius 3 is 2.66 bits per heavy atom. The lowest BCUT2D eigenvalue weighted by Gasteiger charge is -2.06. The molecule has 9 nitrogen and oxygen atoms in total. The summed E-state index contributed by atoms with van der Waals surface area (Å²) in [5, 5.41) is 18.9. The molecule has 2 N–H and O–H groups in total. The molecule has 1 heterocycles. The fraction of sp³-hybridized carbons (Fsp3) is 0.105. The first kappa shape index (κ1) is 20.0. The van der Waals surface area contributed by atoms with Crippen molar-refractivity contribution >= 4 is 45.2 Å². The molecule has 0 aliphatic rings. The summed E-state index contributed by atoms with van der Waals surface area (Å²) in [5.74, 6) is -0.659. The minimum atomic E-state index is -0.659. The van der Waals surface area contributed by atoms with Crippen LogP contribution in [-0.4, -0.2) is 28.2 Å². The van der Waals surface area contributed by atoms with E-state index in [9.17, 15) is 14.9 Å². The molecule has 0 unspecified atom stereocenters. The number of thiazole rings is 1. The number of nitro benzene ring substituents is 1. The van der Waals surface area contributed by atoms with Crippen LogP contribution in [0.25, 0.3) is 0 Å². The van der Waals surface area contributed by atoms with E-state index < -0.39 is 10.9 Å². The monoisotopic (exact) mass is 411 g/mol. The molecule has 2 aromatic carbocycles. The van der Waals surface area contributed by atoms with Gasteiger partial charge in [-0.3, -0.25) is 15.5 Å². The van der Waals surface area contributed by atoms with Gasteiger partial charge in [-0.2, -0.15) is 5.10 Å². The number of hydrazone groups is 1. The van der Waals surface area contributed by atoms with Gasteiger partial charge in [0, 0.05) is 11.8 Å². The number of ether oxygens (including phenoxy) is 1. The van der Waals surface area contributed by atoms with Crippen LogP contribution in [0.2, 0.25) is 0 Å². The maximum absolute atomic E-state index is 12.4. The van der Waals surface area contributed by atoms with Gasteiger partial charge < -0.3 is 10.1 Å². The topological polar surface area (TPSA) is 119 Å². The maximum Gasteiger partial charge on any atom is 0.360 e. The second-order valence-electron chi connectivity index (χ2n) is 5.59. The zero-order valence-electron chi connectivity index (χ0n) is 15.4. The Morgan fingerprint density at radius 1 is 1.21 bits per heavy atom. The van der Waals surface area contributed by atoms with Crippen molar-refractivity contribution in [1.82, 2.24) is 4.98 Å². The molecule has 0 bridgehead atoms. The highest BCUT2D eigenvalue weighted by Gasteiger charge is 2.20. The highest BCUT2D eigenvalue weighted by molar-refractivity contribution is 7.18. The number of anilines is 3. The second-order valence-corrected chi connectivity index (χ2v) is 6.62. The van der Waals surface area contributed by atoms with Crippen molar-refractivity contribution in [3.05, 3.63) is 75.8 Å². The van der Waals surface area contributed by atoms with Crippen LogP contribution >= 0.6 is 11.3 Å².